The lowest BCUT2D eigenvalue weighted by Gasteiger charge is -2.34. The van der Waals surface area contributed by atoms with E-state index in [1.54, 1.807) is 0 Å². The zero-order chi connectivity index (χ0) is 14.7. The van der Waals surface area contributed by atoms with E-state index >= 15 is 0 Å². The van der Waals surface area contributed by atoms with Crippen LogP contribution in [0.15, 0.2) is 4.52 Å². The minimum absolute atomic E-state index is 0.156. The molecule has 0 spiro atoms. The highest BCUT2D eigenvalue weighted by atomic mass is 16.5. The summed E-state index contributed by atoms with van der Waals surface area (Å²) in [5, 5.41) is 13.9. The number of aromatic nitrogens is 2. The molecule has 2 saturated carbocycles. The Balaban J connectivity index is 1.76. The van der Waals surface area contributed by atoms with Crippen molar-refractivity contribution in [3.05, 3.63) is 11.7 Å². The fourth-order valence-corrected chi connectivity index (χ4v) is 3.74. The molecule has 118 valence electrons. The van der Waals surface area contributed by atoms with Crippen molar-refractivity contribution >= 4 is 0 Å². The number of rotatable bonds is 4. The number of aliphatic hydroxyl groups is 1. The third-order valence-corrected chi connectivity index (χ3v) is 4.98. The van der Waals surface area contributed by atoms with Crippen LogP contribution in [0.2, 0.25) is 0 Å². The van der Waals surface area contributed by atoms with Crippen molar-refractivity contribution in [3.63, 3.8) is 0 Å². The molecule has 5 nitrogen and oxygen atoms in total. The summed E-state index contributed by atoms with van der Waals surface area (Å²) in [7, 11) is 0. The van der Waals surface area contributed by atoms with Crippen LogP contribution in [0.3, 0.4) is 0 Å². The third-order valence-electron chi connectivity index (χ3n) is 4.98. The second-order valence-electron chi connectivity index (χ2n) is 6.45. The number of hydrogen-bond donors (Lipinski definition) is 1. The van der Waals surface area contributed by atoms with Crippen LogP contribution in [0.25, 0.3) is 0 Å². The van der Waals surface area contributed by atoms with E-state index in [2.05, 4.69) is 10.1 Å². The summed E-state index contributed by atoms with van der Waals surface area (Å²) in [5.74, 6) is 1.78. The van der Waals surface area contributed by atoms with Gasteiger partial charge in [-0.3, -0.25) is 0 Å². The summed E-state index contributed by atoms with van der Waals surface area (Å²) in [6, 6.07) is 0. The summed E-state index contributed by atoms with van der Waals surface area (Å²) in [6.45, 7) is 2.71. The fourth-order valence-electron chi connectivity index (χ4n) is 3.74. The molecule has 2 aliphatic carbocycles. The summed E-state index contributed by atoms with van der Waals surface area (Å²) < 4.78 is 11.6. The quantitative estimate of drug-likeness (QED) is 0.923. The van der Waals surface area contributed by atoms with Crippen molar-refractivity contribution in [1.82, 2.24) is 10.1 Å². The smallest absolute Gasteiger partial charge is 0.229 e. The highest BCUT2D eigenvalue weighted by molar-refractivity contribution is 5.06. The Morgan fingerprint density at radius 2 is 1.90 bits per heavy atom. The Morgan fingerprint density at radius 3 is 2.57 bits per heavy atom. The van der Waals surface area contributed by atoms with Crippen molar-refractivity contribution in [3.8, 4) is 0 Å². The lowest BCUT2D eigenvalue weighted by Crippen LogP contribution is -2.33. The molecule has 0 saturated heterocycles. The predicted octanol–water partition coefficient (Wildman–Crippen LogP) is 3.28. The number of nitrogens with zero attached hydrogens (tertiary/aromatic N) is 2. The average molecular weight is 294 g/mol. The second kappa shape index (κ2) is 6.44. The van der Waals surface area contributed by atoms with Gasteiger partial charge in [0.05, 0.1) is 6.10 Å². The Morgan fingerprint density at radius 1 is 1.19 bits per heavy atom. The van der Waals surface area contributed by atoms with Gasteiger partial charge in [-0.25, -0.2) is 0 Å². The van der Waals surface area contributed by atoms with Crippen molar-refractivity contribution in [1.29, 1.82) is 0 Å². The Bertz CT molecular complexity index is 441. The van der Waals surface area contributed by atoms with Crippen LogP contribution in [0.4, 0.5) is 0 Å². The van der Waals surface area contributed by atoms with Gasteiger partial charge >= 0.3 is 0 Å². The average Bonchev–Trinajstić information content (AvgIpc) is 3.00. The standard InChI is InChI=1S/C16H26N2O3/c1-2-20-16(10-4-3-5-11-16)15-17-14(21-18-15)12-6-8-13(19)9-7-12/h12-13,19H,2-11H2,1H3. The number of ether oxygens (including phenoxy) is 1. The van der Waals surface area contributed by atoms with Crippen LogP contribution in [-0.4, -0.2) is 28.0 Å². The van der Waals surface area contributed by atoms with Crippen molar-refractivity contribution in [2.45, 2.75) is 82.3 Å². The van der Waals surface area contributed by atoms with Gasteiger partial charge in [-0.2, -0.15) is 4.98 Å². The maximum atomic E-state index is 9.61. The first kappa shape index (κ1) is 15.0. The minimum Gasteiger partial charge on any atom is -0.393 e. The molecule has 1 aromatic heterocycles. The van der Waals surface area contributed by atoms with Crippen LogP contribution in [0.1, 0.15) is 82.3 Å². The van der Waals surface area contributed by atoms with Gasteiger partial charge in [0.15, 0.2) is 0 Å². The van der Waals surface area contributed by atoms with Gasteiger partial charge in [-0.1, -0.05) is 24.4 Å². The van der Waals surface area contributed by atoms with Crippen LogP contribution < -0.4 is 0 Å². The Kier molecular flexibility index (Phi) is 4.60. The van der Waals surface area contributed by atoms with Gasteiger partial charge in [-0.15, -0.1) is 0 Å². The summed E-state index contributed by atoms with van der Waals surface area (Å²) >= 11 is 0. The first-order chi connectivity index (χ1) is 10.2. The van der Waals surface area contributed by atoms with E-state index in [4.69, 9.17) is 9.26 Å². The molecule has 0 radical (unpaired) electrons. The molecule has 5 heteroatoms. The van der Waals surface area contributed by atoms with Crippen LogP contribution in [-0.2, 0) is 10.3 Å². The molecule has 0 atom stereocenters. The number of hydrogen-bond acceptors (Lipinski definition) is 5. The van der Waals surface area contributed by atoms with Crippen LogP contribution in [0.5, 0.6) is 0 Å². The SMILES string of the molecule is CCOC1(c2noc(C3CCC(O)CC3)n2)CCCCC1. The molecule has 0 aliphatic heterocycles. The molecule has 2 aliphatic rings. The van der Waals surface area contributed by atoms with E-state index in [0.29, 0.717) is 12.5 Å². The van der Waals surface area contributed by atoms with Crippen molar-refractivity contribution < 1.29 is 14.4 Å². The summed E-state index contributed by atoms with van der Waals surface area (Å²) in [6.07, 6.45) is 8.95. The first-order valence-electron chi connectivity index (χ1n) is 8.39. The van der Waals surface area contributed by atoms with Crippen LogP contribution >= 0.6 is 0 Å². The number of aliphatic hydroxyl groups excluding tert-OH is 1. The molecule has 1 aromatic rings. The Hall–Kier alpha value is -0.940. The van der Waals surface area contributed by atoms with Gasteiger partial charge in [0.2, 0.25) is 11.7 Å². The molecule has 0 bridgehead atoms. The Labute approximate surface area is 126 Å². The molecule has 0 aromatic carbocycles. The zero-order valence-corrected chi connectivity index (χ0v) is 12.9. The molecule has 1 heterocycles. The zero-order valence-electron chi connectivity index (χ0n) is 12.9. The third kappa shape index (κ3) is 3.14. The molecular formula is C16H26N2O3. The van der Waals surface area contributed by atoms with E-state index in [1.807, 2.05) is 6.92 Å². The van der Waals surface area contributed by atoms with E-state index in [1.165, 1.54) is 19.3 Å². The van der Waals surface area contributed by atoms with E-state index < -0.39 is 0 Å². The largest absolute Gasteiger partial charge is 0.393 e. The van der Waals surface area contributed by atoms with E-state index in [9.17, 15) is 5.11 Å². The lowest BCUT2D eigenvalue weighted by molar-refractivity contribution is -0.0777. The summed E-state index contributed by atoms with van der Waals surface area (Å²) in [4.78, 5) is 4.69. The van der Waals surface area contributed by atoms with Gasteiger partial charge < -0.3 is 14.4 Å². The van der Waals surface area contributed by atoms with Gasteiger partial charge in [0.1, 0.15) is 5.60 Å². The van der Waals surface area contributed by atoms with Gasteiger partial charge in [0.25, 0.3) is 0 Å². The van der Waals surface area contributed by atoms with Crippen molar-refractivity contribution in [2.24, 2.45) is 0 Å². The van der Waals surface area contributed by atoms with Gasteiger partial charge in [-0.05, 0) is 45.4 Å². The van der Waals surface area contributed by atoms with E-state index in [0.717, 1.165) is 50.2 Å². The topological polar surface area (TPSA) is 68.4 Å². The maximum absolute atomic E-state index is 9.61. The van der Waals surface area contributed by atoms with E-state index in [-0.39, 0.29) is 11.7 Å². The first-order valence-corrected chi connectivity index (χ1v) is 8.39. The molecule has 1 N–H and O–H groups in total. The lowest BCUT2D eigenvalue weighted by atomic mass is 9.83. The molecule has 0 amide bonds. The monoisotopic (exact) mass is 294 g/mol. The van der Waals surface area contributed by atoms with Crippen molar-refractivity contribution in [2.75, 3.05) is 6.61 Å². The van der Waals surface area contributed by atoms with Gasteiger partial charge in [0, 0.05) is 12.5 Å². The van der Waals surface area contributed by atoms with Crippen LogP contribution in [0, 0.1) is 0 Å². The molecule has 2 fully saturated rings. The molecular weight excluding hydrogens is 268 g/mol. The molecule has 0 unspecified atom stereocenters. The second-order valence-corrected chi connectivity index (χ2v) is 6.45. The normalized spacial score (nSPS) is 29.4. The minimum atomic E-state index is -0.330. The predicted molar refractivity (Wildman–Crippen MR) is 77.9 cm³/mol. The summed E-state index contributed by atoms with van der Waals surface area (Å²) in [5.41, 5.74) is -0.330. The maximum Gasteiger partial charge on any atom is 0.229 e. The molecule has 3 rings (SSSR count). The highest BCUT2D eigenvalue weighted by Crippen LogP contribution is 2.40. The fraction of sp³-hybridized carbons (Fsp3) is 0.875. The molecule has 21 heavy (non-hydrogen) atoms. The highest BCUT2D eigenvalue weighted by Gasteiger charge is 2.40.